The van der Waals surface area contributed by atoms with Crippen LogP contribution >= 0.6 is 0 Å². The van der Waals surface area contributed by atoms with Crippen LogP contribution in [0, 0.1) is 11.3 Å². The Kier molecular flexibility index (Phi) is 10.8. The number of urea groups is 1. The monoisotopic (exact) mass is 599 g/mol. The van der Waals surface area contributed by atoms with Crippen LogP contribution in [0.15, 0.2) is 83.1 Å². The van der Waals surface area contributed by atoms with E-state index in [1.54, 1.807) is 49.4 Å². The molecule has 0 aliphatic carbocycles. The number of hydrogen-bond acceptors (Lipinski definition) is 10. The molecule has 44 heavy (non-hydrogen) atoms. The van der Waals surface area contributed by atoms with Crippen molar-refractivity contribution in [2.75, 3.05) is 20.3 Å². The van der Waals surface area contributed by atoms with Crippen molar-refractivity contribution in [1.29, 1.82) is 5.26 Å². The van der Waals surface area contributed by atoms with Gasteiger partial charge in [-0.2, -0.15) is 10.4 Å². The van der Waals surface area contributed by atoms with E-state index in [1.807, 2.05) is 31.2 Å². The van der Waals surface area contributed by atoms with Crippen molar-refractivity contribution in [3.05, 3.63) is 100 Å². The summed E-state index contributed by atoms with van der Waals surface area (Å²) in [6.07, 6.45) is 0.379. The average Bonchev–Trinajstić information content (AvgIpc) is 3.03. The van der Waals surface area contributed by atoms with Gasteiger partial charge >= 0.3 is 12.0 Å². The Balaban J connectivity index is 1.36. The highest BCUT2D eigenvalue weighted by Crippen LogP contribution is 2.35. The fourth-order valence-corrected chi connectivity index (χ4v) is 4.42. The second-order valence-electron chi connectivity index (χ2n) is 9.55. The molecule has 0 bridgehead atoms. The number of carbonyl (C=O) groups is 2. The van der Waals surface area contributed by atoms with Gasteiger partial charge in [0.1, 0.15) is 19.0 Å². The van der Waals surface area contributed by atoms with E-state index in [2.05, 4.69) is 27.2 Å². The maximum atomic E-state index is 12.4. The number of aliphatic hydroxyl groups excluding tert-OH is 1. The molecule has 0 fully saturated rings. The number of rotatable bonds is 13. The highest BCUT2D eigenvalue weighted by Gasteiger charge is 2.32. The molecule has 1 aliphatic heterocycles. The van der Waals surface area contributed by atoms with E-state index >= 15 is 0 Å². The zero-order chi connectivity index (χ0) is 31.5. The molecule has 4 rings (SSSR count). The molecule has 0 radical (unpaired) electrons. The van der Waals surface area contributed by atoms with Gasteiger partial charge in [0.15, 0.2) is 17.7 Å². The molecule has 228 valence electrons. The van der Waals surface area contributed by atoms with Crippen LogP contribution in [0.4, 0.5) is 4.79 Å². The molecular weight excluding hydrogens is 566 g/mol. The van der Waals surface area contributed by atoms with Gasteiger partial charge in [0.2, 0.25) is 0 Å². The first-order valence-corrected chi connectivity index (χ1v) is 13.8. The lowest BCUT2D eigenvalue weighted by atomic mass is 9.95. The van der Waals surface area contributed by atoms with Crippen LogP contribution in [0.2, 0.25) is 0 Å². The van der Waals surface area contributed by atoms with Crippen molar-refractivity contribution in [3.63, 3.8) is 0 Å². The number of amides is 2. The summed E-state index contributed by atoms with van der Waals surface area (Å²) in [6.45, 7) is 3.85. The third-order valence-corrected chi connectivity index (χ3v) is 6.50. The standard InChI is InChI=1S/C32H33N5O7/c1-4-42-27-15-22(30-29(31(39)41-3)20(2)35-32(40)36-30)12-13-26(27)44-19-28(38)37-34-17-21-8-7-11-25(14-21)43-18-24-10-6-5-9-23(24)16-33/h5-15,17,28,30,37-38H,4,18-19H2,1-3H3,(H2,35,36,40)/b34-17+/t28-,30+/m1/s1. The topological polar surface area (TPSA) is 164 Å². The number of nitriles is 1. The van der Waals surface area contributed by atoms with Crippen LogP contribution in [-0.2, 0) is 16.1 Å². The van der Waals surface area contributed by atoms with Crippen molar-refractivity contribution >= 4 is 18.2 Å². The van der Waals surface area contributed by atoms with Crippen LogP contribution in [0.3, 0.4) is 0 Å². The third-order valence-electron chi connectivity index (χ3n) is 6.50. The van der Waals surface area contributed by atoms with Crippen molar-refractivity contribution in [1.82, 2.24) is 16.1 Å². The maximum absolute atomic E-state index is 12.4. The minimum atomic E-state index is -1.15. The van der Waals surface area contributed by atoms with E-state index in [1.165, 1.54) is 13.3 Å². The summed E-state index contributed by atoms with van der Waals surface area (Å²) >= 11 is 0. The first kappa shape index (κ1) is 31.4. The van der Waals surface area contributed by atoms with Gasteiger partial charge in [-0.05, 0) is 55.3 Å². The molecule has 0 saturated carbocycles. The van der Waals surface area contributed by atoms with E-state index in [0.717, 1.165) is 11.1 Å². The van der Waals surface area contributed by atoms with E-state index in [-0.39, 0.29) is 18.8 Å². The quantitative estimate of drug-likeness (QED) is 0.0994. The SMILES string of the molecule is CCOc1cc([C@@H]2NC(=O)NC(C)=C2C(=O)OC)ccc1OC[C@@H](O)N/N=C/c1cccc(OCc2ccccc2C#N)c1. The van der Waals surface area contributed by atoms with Gasteiger partial charge in [0.25, 0.3) is 0 Å². The van der Waals surface area contributed by atoms with E-state index in [4.69, 9.17) is 18.9 Å². The lowest BCUT2D eigenvalue weighted by molar-refractivity contribution is -0.136. The minimum Gasteiger partial charge on any atom is -0.490 e. The molecule has 12 heteroatoms. The summed E-state index contributed by atoms with van der Waals surface area (Å²) in [5, 5.41) is 29.1. The molecule has 4 N–H and O–H groups in total. The molecule has 3 aromatic carbocycles. The predicted octanol–water partition coefficient (Wildman–Crippen LogP) is 3.66. The van der Waals surface area contributed by atoms with E-state index in [9.17, 15) is 20.0 Å². The van der Waals surface area contributed by atoms with Crippen LogP contribution in [0.1, 0.15) is 42.1 Å². The third kappa shape index (κ3) is 8.05. The largest absolute Gasteiger partial charge is 0.490 e. The molecule has 2 atom stereocenters. The first-order valence-electron chi connectivity index (χ1n) is 13.8. The number of nitrogens with one attached hydrogen (secondary N) is 3. The van der Waals surface area contributed by atoms with Crippen LogP contribution in [-0.4, -0.2) is 49.9 Å². The van der Waals surface area contributed by atoms with Crippen LogP contribution in [0.5, 0.6) is 17.2 Å². The fraction of sp³-hybridized carbons (Fsp3) is 0.250. The number of allylic oxidation sites excluding steroid dienone is 1. The lowest BCUT2D eigenvalue weighted by Gasteiger charge is -2.28. The van der Waals surface area contributed by atoms with Crippen molar-refractivity contribution < 1.29 is 33.6 Å². The molecule has 1 heterocycles. The molecule has 1 aliphatic rings. The Morgan fingerprint density at radius 3 is 2.70 bits per heavy atom. The highest BCUT2D eigenvalue weighted by atomic mass is 16.5. The Hall–Kier alpha value is -5.54. The first-order chi connectivity index (χ1) is 21.3. The number of hydrazone groups is 1. The van der Waals surface area contributed by atoms with Gasteiger partial charge < -0.3 is 34.7 Å². The number of ether oxygens (including phenoxy) is 4. The highest BCUT2D eigenvalue weighted by molar-refractivity contribution is 5.95. The fourth-order valence-electron chi connectivity index (χ4n) is 4.42. The van der Waals surface area contributed by atoms with Gasteiger partial charge in [-0.1, -0.05) is 36.4 Å². The molecule has 0 spiro atoms. The summed E-state index contributed by atoms with van der Waals surface area (Å²) in [7, 11) is 1.27. The maximum Gasteiger partial charge on any atom is 0.337 e. The molecule has 0 saturated heterocycles. The molecule has 3 aromatic rings. The second kappa shape index (κ2) is 15.1. The average molecular weight is 600 g/mol. The lowest BCUT2D eigenvalue weighted by Crippen LogP contribution is -2.45. The summed E-state index contributed by atoms with van der Waals surface area (Å²) in [5.41, 5.74) is 5.93. The van der Waals surface area contributed by atoms with Crippen LogP contribution in [0.25, 0.3) is 0 Å². The zero-order valence-corrected chi connectivity index (χ0v) is 24.5. The predicted molar refractivity (Wildman–Crippen MR) is 161 cm³/mol. The smallest absolute Gasteiger partial charge is 0.337 e. The Labute approximate surface area is 254 Å². The number of benzene rings is 3. The number of esters is 1. The Morgan fingerprint density at radius 2 is 1.93 bits per heavy atom. The van der Waals surface area contributed by atoms with Gasteiger partial charge in [0, 0.05) is 11.3 Å². The molecule has 0 aromatic heterocycles. The number of methoxy groups -OCH3 is 1. The molecule has 12 nitrogen and oxygen atoms in total. The Bertz CT molecular complexity index is 1600. The summed E-state index contributed by atoms with van der Waals surface area (Å²) in [5.74, 6) is 0.743. The summed E-state index contributed by atoms with van der Waals surface area (Å²) < 4.78 is 22.3. The molecule has 0 unspecified atom stereocenters. The normalized spacial score (nSPS) is 15.1. The zero-order valence-electron chi connectivity index (χ0n) is 24.5. The van der Waals surface area contributed by atoms with Gasteiger partial charge in [-0.3, -0.25) is 5.43 Å². The van der Waals surface area contributed by atoms with Crippen LogP contribution < -0.4 is 30.3 Å². The van der Waals surface area contributed by atoms with Crippen molar-refractivity contribution in [2.45, 2.75) is 32.7 Å². The number of nitrogens with zero attached hydrogens (tertiary/aromatic N) is 2. The second-order valence-corrected chi connectivity index (χ2v) is 9.55. The van der Waals surface area contributed by atoms with Gasteiger partial charge in [-0.15, -0.1) is 0 Å². The van der Waals surface area contributed by atoms with Crippen molar-refractivity contribution in [2.24, 2.45) is 5.10 Å². The summed E-state index contributed by atoms with van der Waals surface area (Å²) in [4.78, 5) is 24.6. The molecule has 2 amide bonds. The van der Waals surface area contributed by atoms with E-state index in [0.29, 0.717) is 40.7 Å². The summed E-state index contributed by atoms with van der Waals surface area (Å²) in [6, 6.07) is 20.4. The Morgan fingerprint density at radius 1 is 1.11 bits per heavy atom. The minimum absolute atomic E-state index is 0.158. The van der Waals surface area contributed by atoms with Gasteiger partial charge in [-0.25, -0.2) is 9.59 Å². The van der Waals surface area contributed by atoms with E-state index < -0.39 is 24.3 Å². The number of aliphatic hydroxyl groups is 1. The molecular formula is C32H33N5O7. The van der Waals surface area contributed by atoms with Crippen molar-refractivity contribution in [3.8, 4) is 23.3 Å². The number of hydrogen-bond donors (Lipinski definition) is 4. The number of carbonyl (C=O) groups excluding carboxylic acids is 2. The van der Waals surface area contributed by atoms with Gasteiger partial charge in [0.05, 0.1) is 43.2 Å².